The van der Waals surface area contributed by atoms with Crippen LogP contribution in [0.25, 0.3) is 0 Å². The summed E-state index contributed by atoms with van der Waals surface area (Å²) in [7, 11) is 3.71. The molecule has 0 spiro atoms. The van der Waals surface area contributed by atoms with Crippen molar-refractivity contribution in [3.8, 4) is 5.75 Å². The maximum Gasteiger partial charge on any atom is 0.124 e. The molecular weight excluding hydrogens is 248 g/mol. The Morgan fingerprint density at radius 1 is 1.50 bits per heavy atom. The van der Waals surface area contributed by atoms with E-state index in [0.29, 0.717) is 6.04 Å². The SMILES string of the molecule is CNCC1CCCN1Cc1c(Cl)cccc1OC. The highest BCUT2D eigenvalue weighted by Crippen LogP contribution is 2.30. The normalized spacial score (nSPS) is 20.3. The second-order valence-electron chi connectivity index (χ2n) is 4.74. The smallest absolute Gasteiger partial charge is 0.124 e. The molecule has 1 fully saturated rings. The number of halogens is 1. The summed E-state index contributed by atoms with van der Waals surface area (Å²) in [5.74, 6) is 0.887. The lowest BCUT2D eigenvalue weighted by atomic mass is 10.1. The van der Waals surface area contributed by atoms with Crippen molar-refractivity contribution >= 4 is 11.6 Å². The Balaban J connectivity index is 2.13. The van der Waals surface area contributed by atoms with E-state index < -0.39 is 0 Å². The largest absolute Gasteiger partial charge is 0.496 e. The number of benzene rings is 1. The van der Waals surface area contributed by atoms with Gasteiger partial charge < -0.3 is 10.1 Å². The van der Waals surface area contributed by atoms with Gasteiger partial charge in [-0.3, -0.25) is 4.90 Å². The Labute approximate surface area is 114 Å². The molecule has 1 saturated heterocycles. The van der Waals surface area contributed by atoms with Gasteiger partial charge in [0.1, 0.15) is 5.75 Å². The van der Waals surface area contributed by atoms with Gasteiger partial charge >= 0.3 is 0 Å². The van der Waals surface area contributed by atoms with Crippen molar-refractivity contribution in [3.63, 3.8) is 0 Å². The first kappa shape index (κ1) is 13.7. The van der Waals surface area contributed by atoms with Crippen LogP contribution in [0, 0.1) is 0 Å². The molecule has 0 aliphatic carbocycles. The average Bonchev–Trinajstić information content (AvgIpc) is 2.80. The minimum atomic E-state index is 0.607. The Bertz CT molecular complexity index is 397. The molecule has 1 aromatic rings. The van der Waals surface area contributed by atoms with Crippen molar-refractivity contribution < 1.29 is 4.74 Å². The summed E-state index contributed by atoms with van der Waals surface area (Å²) in [5, 5.41) is 4.06. The second-order valence-corrected chi connectivity index (χ2v) is 5.15. The standard InChI is InChI=1S/C14H21ClN2O/c1-16-9-11-5-4-8-17(11)10-12-13(15)6-3-7-14(12)18-2/h3,6-7,11,16H,4-5,8-10H2,1-2H3. The molecular formula is C14H21ClN2O. The van der Waals surface area contributed by atoms with Crippen LogP contribution in [0.15, 0.2) is 18.2 Å². The molecule has 0 amide bonds. The highest BCUT2D eigenvalue weighted by atomic mass is 35.5. The predicted molar refractivity (Wildman–Crippen MR) is 75.4 cm³/mol. The summed E-state index contributed by atoms with van der Waals surface area (Å²) in [5.41, 5.74) is 1.10. The van der Waals surface area contributed by atoms with Crippen LogP contribution in [-0.2, 0) is 6.54 Å². The van der Waals surface area contributed by atoms with E-state index in [1.54, 1.807) is 7.11 Å². The topological polar surface area (TPSA) is 24.5 Å². The molecule has 1 atom stereocenters. The third-order valence-electron chi connectivity index (χ3n) is 3.60. The summed E-state index contributed by atoms with van der Waals surface area (Å²) in [6, 6.07) is 6.45. The molecule has 3 nitrogen and oxygen atoms in total. The van der Waals surface area contributed by atoms with E-state index in [0.717, 1.165) is 36.0 Å². The van der Waals surface area contributed by atoms with Crippen LogP contribution in [0.1, 0.15) is 18.4 Å². The zero-order valence-corrected chi connectivity index (χ0v) is 11.8. The Kier molecular flexibility index (Phi) is 4.87. The van der Waals surface area contributed by atoms with Crippen LogP contribution in [0.4, 0.5) is 0 Å². The van der Waals surface area contributed by atoms with E-state index in [9.17, 15) is 0 Å². The summed E-state index contributed by atoms with van der Waals surface area (Å²) in [6.45, 7) is 3.04. The van der Waals surface area contributed by atoms with E-state index in [1.807, 2.05) is 25.2 Å². The van der Waals surface area contributed by atoms with Crippen molar-refractivity contribution in [2.45, 2.75) is 25.4 Å². The van der Waals surface area contributed by atoms with Gasteiger partial charge in [-0.1, -0.05) is 17.7 Å². The molecule has 1 heterocycles. The fourth-order valence-electron chi connectivity index (χ4n) is 2.66. The number of nitrogens with one attached hydrogen (secondary N) is 1. The monoisotopic (exact) mass is 268 g/mol. The van der Waals surface area contributed by atoms with Gasteiger partial charge in [0, 0.05) is 29.7 Å². The number of likely N-dealkylation sites (N-methyl/N-ethyl adjacent to an activating group) is 1. The van der Waals surface area contributed by atoms with Gasteiger partial charge in [-0.25, -0.2) is 0 Å². The Morgan fingerprint density at radius 3 is 3.06 bits per heavy atom. The zero-order valence-electron chi connectivity index (χ0n) is 11.1. The van der Waals surface area contributed by atoms with Gasteiger partial charge in [0.05, 0.1) is 7.11 Å². The van der Waals surface area contributed by atoms with Crippen LogP contribution >= 0.6 is 11.6 Å². The minimum absolute atomic E-state index is 0.607. The maximum atomic E-state index is 6.29. The molecule has 0 aromatic heterocycles. The fraction of sp³-hybridized carbons (Fsp3) is 0.571. The van der Waals surface area contributed by atoms with Crippen molar-refractivity contribution in [1.82, 2.24) is 10.2 Å². The number of ether oxygens (including phenoxy) is 1. The van der Waals surface area contributed by atoms with Gasteiger partial charge in [-0.15, -0.1) is 0 Å². The number of rotatable bonds is 5. The molecule has 2 rings (SSSR count). The van der Waals surface area contributed by atoms with E-state index in [2.05, 4.69) is 10.2 Å². The van der Waals surface area contributed by atoms with E-state index in [-0.39, 0.29) is 0 Å². The molecule has 0 saturated carbocycles. The van der Waals surface area contributed by atoms with Crippen LogP contribution in [-0.4, -0.2) is 38.2 Å². The molecule has 4 heteroatoms. The molecule has 1 N–H and O–H groups in total. The third-order valence-corrected chi connectivity index (χ3v) is 3.95. The van der Waals surface area contributed by atoms with Crippen molar-refractivity contribution in [3.05, 3.63) is 28.8 Å². The van der Waals surface area contributed by atoms with Crippen molar-refractivity contribution in [2.75, 3.05) is 27.2 Å². The third kappa shape index (κ3) is 2.97. The first-order chi connectivity index (χ1) is 8.76. The van der Waals surface area contributed by atoms with E-state index in [1.165, 1.54) is 12.8 Å². The van der Waals surface area contributed by atoms with Crippen molar-refractivity contribution in [1.29, 1.82) is 0 Å². The van der Waals surface area contributed by atoms with Gasteiger partial charge in [-0.2, -0.15) is 0 Å². The maximum absolute atomic E-state index is 6.29. The van der Waals surface area contributed by atoms with Crippen molar-refractivity contribution in [2.24, 2.45) is 0 Å². The minimum Gasteiger partial charge on any atom is -0.496 e. The molecule has 1 aromatic carbocycles. The molecule has 0 radical (unpaired) electrons. The Morgan fingerprint density at radius 2 is 2.33 bits per heavy atom. The second kappa shape index (κ2) is 6.41. The summed E-state index contributed by atoms with van der Waals surface area (Å²) < 4.78 is 5.40. The quantitative estimate of drug-likeness (QED) is 0.888. The van der Waals surface area contributed by atoms with Gasteiger partial charge in [0.2, 0.25) is 0 Å². The van der Waals surface area contributed by atoms with Crippen LogP contribution in [0.5, 0.6) is 5.75 Å². The lowest BCUT2D eigenvalue weighted by Crippen LogP contribution is -2.36. The molecule has 0 bridgehead atoms. The van der Waals surface area contributed by atoms with E-state index in [4.69, 9.17) is 16.3 Å². The highest BCUT2D eigenvalue weighted by Gasteiger charge is 2.25. The molecule has 100 valence electrons. The molecule has 1 aliphatic heterocycles. The molecule has 1 unspecified atom stereocenters. The van der Waals surface area contributed by atoms with E-state index >= 15 is 0 Å². The summed E-state index contributed by atoms with van der Waals surface area (Å²) in [6.07, 6.45) is 2.52. The molecule has 1 aliphatic rings. The van der Waals surface area contributed by atoms with Crippen LogP contribution in [0.3, 0.4) is 0 Å². The highest BCUT2D eigenvalue weighted by molar-refractivity contribution is 6.31. The summed E-state index contributed by atoms with van der Waals surface area (Å²) >= 11 is 6.29. The molecule has 18 heavy (non-hydrogen) atoms. The number of hydrogen-bond donors (Lipinski definition) is 1. The lowest BCUT2D eigenvalue weighted by molar-refractivity contribution is 0.239. The number of methoxy groups -OCH3 is 1. The van der Waals surface area contributed by atoms with Crippen LogP contribution < -0.4 is 10.1 Å². The summed E-state index contributed by atoms with van der Waals surface area (Å²) in [4.78, 5) is 2.49. The van der Waals surface area contributed by atoms with Crippen LogP contribution in [0.2, 0.25) is 5.02 Å². The van der Waals surface area contributed by atoms with Gasteiger partial charge in [0.15, 0.2) is 0 Å². The average molecular weight is 269 g/mol. The first-order valence-electron chi connectivity index (χ1n) is 6.46. The number of hydrogen-bond acceptors (Lipinski definition) is 3. The zero-order chi connectivity index (χ0) is 13.0. The number of nitrogens with zero attached hydrogens (tertiary/aromatic N) is 1. The van der Waals surface area contributed by atoms with Gasteiger partial charge in [-0.05, 0) is 38.6 Å². The fourth-order valence-corrected chi connectivity index (χ4v) is 2.88. The predicted octanol–water partition coefficient (Wildman–Crippen LogP) is 2.53. The Hall–Kier alpha value is -0.770. The number of likely N-dealkylation sites (tertiary alicyclic amines) is 1. The lowest BCUT2D eigenvalue weighted by Gasteiger charge is -2.25. The van der Waals surface area contributed by atoms with Gasteiger partial charge in [0.25, 0.3) is 0 Å². The first-order valence-corrected chi connectivity index (χ1v) is 6.84.